The molecule has 2 aliphatic carbocycles. The minimum Gasteiger partial charge on any atom is -0.469 e. The van der Waals surface area contributed by atoms with Crippen LogP contribution in [0, 0.1) is 29.1 Å². The van der Waals surface area contributed by atoms with Crippen LogP contribution in [0.25, 0.3) is 0 Å². The van der Waals surface area contributed by atoms with Gasteiger partial charge in [-0.2, -0.15) is 0 Å². The maximum absolute atomic E-state index is 12.3. The summed E-state index contributed by atoms with van der Waals surface area (Å²) in [7, 11) is 2.76. The molecule has 0 heterocycles. The van der Waals surface area contributed by atoms with Crippen molar-refractivity contribution in [3.05, 3.63) is 12.2 Å². The fourth-order valence-electron chi connectivity index (χ4n) is 3.89. The molecule has 0 amide bonds. The standard InChI is InChI=1S/C14H20O4/c1-8(2)14(13(16)18-4)10-6-5-9(7-10)11(14)12(15)17-3/h5-6,8-11H,7H2,1-4H3. The second-order valence-electron chi connectivity index (χ2n) is 5.47. The van der Waals surface area contributed by atoms with Crippen molar-refractivity contribution >= 4 is 11.9 Å². The number of ether oxygens (including phenoxy) is 2. The molecule has 0 spiro atoms. The van der Waals surface area contributed by atoms with Gasteiger partial charge in [-0.05, 0) is 24.2 Å². The van der Waals surface area contributed by atoms with Gasteiger partial charge in [-0.3, -0.25) is 9.59 Å². The van der Waals surface area contributed by atoms with Gasteiger partial charge in [-0.25, -0.2) is 0 Å². The fraction of sp³-hybridized carbons (Fsp3) is 0.714. The molecule has 0 aliphatic heterocycles. The quantitative estimate of drug-likeness (QED) is 0.567. The SMILES string of the molecule is COC(=O)C1C2C=CC(C2)C1(C(=O)OC)C(C)C. The molecule has 0 saturated heterocycles. The summed E-state index contributed by atoms with van der Waals surface area (Å²) in [4.78, 5) is 24.4. The van der Waals surface area contributed by atoms with E-state index in [-0.39, 0.29) is 29.7 Å². The van der Waals surface area contributed by atoms with Gasteiger partial charge in [0.05, 0.1) is 25.6 Å². The van der Waals surface area contributed by atoms with Crippen LogP contribution in [0.2, 0.25) is 0 Å². The number of hydrogen-bond donors (Lipinski definition) is 0. The lowest BCUT2D eigenvalue weighted by atomic mass is 9.62. The molecule has 1 saturated carbocycles. The molecule has 4 heteroatoms. The molecule has 0 aromatic heterocycles. The predicted molar refractivity (Wildman–Crippen MR) is 65.5 cm³/mol. The summed E-state index contributed by atoms with van der Waals surface area (Å²) < 4.78 is 9.90. The van der Waals surface area contributed by atoms with E-state index in [2.05, 4.69) is 6.08 Å². The summed E-state index contributed by atoms with van der Waals surface area (Å²) in [6, 6.07) is 0. The number of rotatable bonds is 3. The monoisotopic (exact) mass is 252 g/mol. The van der Waals surface area contributed by atoms with Gasteiger partial charge in [-0.1, -0.05) is 26.0 Å². The maximum Gasteiger partial charge on any atom is 0.313 e. The van der Waals surface area contributed by atoms with Crippen molar-refractivity contribution in [1.29, 1.82) is 0 Å². The number of fused-ring (bicyclic) bond motifs is 2. The molecule has 4 unspecified atom stereocenters. The highest BCUT2D eigenvalue weighted by atomic mass is 16.5. The van der Waals surface area contributed by atoms with Crippen molar-refractivity contribution in [3.8, 4) is 0 Å². The highest BCUT2D eigenvalue weighted by Gasteiger charge is 2.65. The molecule has 0 aromatic rings. The number of allylic oxidation sites excluding steroid dienone is 2. The first-order valence-corrected chi connectivity index (χ1v) is 6.34. The average molecular weight is 252 g/mol. The van der Waals surface area contributed by atoms with E-state index in [1.807, 2.05) is 19.9 Å². The van der Waals surface area contributed by atoms with Gasteiger partial charge in [0.1, 0.15) is 0 Å². The summed E-state index contributed by atoms with van der Waals surface area (Å²) >= 11 is 0. The van der Waals surface area contributed by atoms with Crippen LogP contribution < -0.4 is 0 Å². The normalized spacial score (nSPS) is 37.1. The first kappa shape index (κ1) is 13.1. The number of carbonyl (C=O) groups is 2. The number of carbonyl (C=O) groups excluding carboxylic acids is 2. The Morgan fingerprint density at radius 1 is 1.22 bits per heavy atom. The molecular weight excluding hydrogens is 232 g/mol. The van der Waals surface area contributed by atoms with Gasteiger partial charge >= 0.3 is 11.9 Å². The molecule has 100 valence electrons. The summed E-state index contributed by atoms with van der Waals surface area (Å²) in [5.74, 6) is -0.780. The van der Waals surface area contributed by atoms with E-state index in [9.17, 15) is 9.59 Å². The Balaban J connectivity index is 2.51. The van der Waals surface area contributed by atoms with Crippen LogP contribution in [-0.2, 0) is 19.1 Å². The van der Waals surface area contributed by atoms with Crippen LogP contribution in [0.1, 0.15) is 20.3 Å². The Kier molecular flexibility index (Phi) is 3.21. The van der Waals surface area contributed by atoms with E-state index < -0.39 is 11.3 Å². The van der Waals surface area contributed by atoms with Crippen LogP contribution >= 0.6 is 0 Å². The Hall–Kier alpha value is -1.32. The van der Waals surface area contributed by atoms with Crippen molar-refractivity contribution in [2.75, 3.05) is 14.2 Å². The maximum atomic E-state index is 12.3. The molecule has 2 aliphatic rings. The molecule has 4 nitrogen and oxygen atoms in total. The van der Waals surface area contributed by atoms with Crippen molar-refractivity contribution in [2.45, 2.75) is 20.3 Å². The molecule has 1 fully saturated rings. The molecule has 0 aromatic carbocycles. The minimum atomic E-state index is -0.763. The summed E-state index contributed by atoms with van der Waals surface area (Å²) in [6.07, 6.45) is 4.93. The molecule has 2 bridgehead atoms. The Morgan fingerprint density at radius 3 is 2.39 bits per heavy atom. The third-order valence-electron chi connectivity index (χ3n) is 4.62. The van der Waals surface area contributed by atoms with Crippen molar-refractivity contribution in [2.24, 2.45) is 29.1 Å². The van der Waals surface area contributed by atoms with Crippen molar-refractivity contribution < 1.29 is 19.1 Å². The Labute approximate surface area is 107 Å². The summed E-state index contributed by atoms with van der Waals surface area (Å²) in [5, 5.41) is 0. The van der Waals surface area contributed by atoms with E-state index in [1.165, 1.54) is 14.2 Å². The second kappa shape index (κ2) is 4.41. The number of methoxy groups -OCH3 is 2. The van der Waals surface area contributed by atoms with E-state index in [0.29, 0.717) is 0 Å². The summed E-state index contributed by atoms with van der Waals surface area (Å²) in [5.41, 5.74) is -0.763. The van der Waals surface area contributed by atoms with E-state index in [0.717, 1.165) is 6.42 Å². The van der Waals surface area contributed by atoms with Gasteiger partial charge in [-0.15, -0.1) is 0 Å². The van der Waals surface area contributed by atoms with Gasteiger partial charge in [0.15, 0.2) is 0 Å². The van der Waals surface area contributed by atoms with E-state index in [1.54, 1.807) is 0 Å². The zero-order valence-electron chi connectivity index (χ0n) is 11.3. The van der Waals surface area contributed by atoms with Crippen LogP contribution in [-0.4, -0.2) is 26.2 Å². The van der Waals surface area contributed by atoms with Crippen LogP contribution in [0.3, 0.4) is 0 Å². The van der Waals surface area contributed by atoms with E-state index >= 15 is 0 Å². The van der Waals surface area contributed by atoms with Crippen LogP contribution in [0.5, 0.6) is 0 Å². The van der Waals surface area contributed by atoms with Crippen molar-refractivity contribution in [1.82, 2.24) is 0 Å². The third kappa shape index (κ3) is 1.44. The molecule has 0 N–H and O–H groups in total. The average Bonchev–Trinajstić information content (AvgIpc) is 2.95. The van der Waals surface area contributed by atoms with Crippen LogP contribution in [0.4, 0.5) is 0 Å². The van der Waals surface area contributed by atoms with Crippen LogP contribution in [0.15, 0.2) is 12.2 Å². The number of esters is 2. The van der Waals surface area contributed by atoms with Gasteiger partial charge in [0.2, 0.25) is 0 Å². The molecular formula is C14H20O4. The topological polar surface area (TPSA) is 52.6 Å². The lowest BCUT2D eigenvalue weighted by molar-refractivity contribution is -0.172. The van der Waals surface area contributed by atoms with Crippen molar-refractivity contribution in [3.63, 3.8) is 0 Å². The van der Waals surface area contributed by atoms with E-state index in [4.69, 9.17) is 9.47 Å². The fourth-order valence-corrected chi connectivity index (χ4v) is 3.89. The molecule has 0 radical (unpaired) electrons. The first-order chi connectivity index (χ1) is 8.49. The Bertz CT molecular complexity index is 399. The van der Waals surface area contributed by atoms with Gasteiger partial charge in [0, 0.05) is 0 Å². The highest BCUT2D eigenvalue weighted by molar-refractivity contribution is 5.88. The third-order valence-corrected chi connectivity index (χ3v) is 4.62. The molecule has 4 atom stereocenters. The Morgan fingerprint density at radius 2 is 1.89 bits per heavy atom. The lowest BCUT2D eigenvalue weighted by Gasteiger charge is -2.41. The largest absolute Gasteiger partial charge is 0.469 e. The zero-order valence-corrected chi connectivity index (χ0v) is 11.3. The predicted octanol–water partition coefficient (Wildman–Crippen LogP) is 1.80. The second-order valence-corrected chi connectivity index (χ2v) is 5.47. The minimum absolute atomic E-state index is 0.0361. The highest BCUT2D eigenvalue weighted by Crippen LogP contribution is 2.60. The first-order valence-electron chi connectivity index (χ1n) is 6.34. The molecule has 18 heavy (non-hydrogen) atoms. The number of hydrogen-bond acceptors (Lipinski definition) is 4. The summed E-state index contributed by atoms with van der Waals surface area (Å²) in [6.45, 7) is 3.95. The lowest BCUT2D eigenvalue weighted by Crippen LogP contribution is -2.50. The van der Waals surface area contributed by atoms with Gasteiger partial charge in [0.25, 0.3) is 0 Å². The molecule has 2 rings (SSSR count). The van der Waals surface area contributed by atoms with Gasteiger partial charge < -0.3 is 9.47 Å². The smallest absolute Gasteiger partial charge is 0.313 e. The zero-order chi connectivity index (χ0) is 13.5.